The minimum Gasteiger partial charge on any atom is -0.350 e. The fourth-order valence-electron chi connectivity index (χ4n) is 2.60. The summed E-state index contributed by atoms with van der Waals surface area (Å²) in [5.41, 5.74) is 3.68. The van der Waals surface area contributed by atoms with Crippen molar-refractivity contribution in [2.75, 3.05) is 7.05 Å². The Labute approximate surface area is 126 Å². The van der Waals surface area contributed by atoms with E-state index >= 15 is 0 Å². The first kappa shape index (κ1) is 15.1. The summed E-state index contributed by atoms with van der Waals surface area (Å²) in [7, 11) is 2.01. The van der Waals surface area contributed by atoms with E-state index in [4.69, 9.17) is 11.6 Å². The third kappa shape index (κ3) is 3.44. The molecule has 0 aliphatic carbocycles. The number of halogens is 1. The first-order chi connectivity index (χ1) is 9.51. The Kier molecular flexibility index (Phi) is 4.90. The van der Waals surface area contributed by atoms with Crippen LogP contribution in [0.3, 0.4) is 0 Å². The lowest BCUT2D eigenvalue weighted by molar-refractivity contribution is 0.443. The van der Waals surface area contributed by atoms with Crippen molar-refractivity contribution in [3.8, 4) is 0 Å². The zero-order chi connectivity index (χ0) is 14.7. The molecule has 2 nitrogen and oxygen atoms in total. The van der Waals surface area contributed by atoms with E-state index in [0.29, 0.717) is 12.0 Å². The number of benzene rings is 1. The number of nitrogens with one attached hydrogen (secondary N) is 1. The predicted octanol–water partition coefficient (Wildman–Crippen LogP) is 4.41. The number of nitrogens with zero attached hydrogens (tertiary/aromatic N) is 1. The maximum absolute atomic E-state index is 6.30. The molecule has 1 N–H and O–H groups in total. The molecule has 1 aromatic heterocycles. The number of hydrogen-bond acceptors (Lipinski definition) is 1. The predicted molar refractivity (Wildman–Crippen MR) is 86.4 cm³/mol. The van der Waals surface area contributed by atoms with E-state index in [1.165, 1.54) is 11.1 Å². The molecule has 2 aromatic rings. The van der Waals surface area contributed by atoms with E-state index in [9.17, 15) is 0 Å². The highest BCUT2D eigenvalue weighted by molar-refractivity contribution is 6.31. The highest BCUT2D eigenvalue weighted by atomic mass is 35.5. The fourth-order valence-corrected chi connectivity index (χ4v) is 2.90. The van der Waals surface area contributed by atoms with E-state index in [1.54, 1.807) is 0 Å². The van der Waals surface area contributed by atoms with Crippen molar-refractivity contribution < 1.29 is 0 Å². The summed E-state index contributed by atoms with van der Waals surface area (Å²) < 4.78 is 2.19. The summed E-state index contributed by atoms with van der Waals surface area (Å²) in [6.07, 6.45) is 4.33. The van der Waals surface area contributed by atoms with Crippen LogP contribution in [0.1, 0.15) is 36.6 Å². The topological polar surface area (TPSA) is 17.0 Å². The quantitative estimate of drug-likeness (QED) is 0.863. The van der Waals surface area contributed by atoms with Crippen LogP contribution in [0.15, 0.2) is 36.7 Å². The molecule has 0 aliphatic rings. The van der Waals surface area contributed by atoms with Crippen molar-refractivity contribution in [3.05, 3.63) is 58.4 Å². The van der Waals surface area contributed by atoms with Crippen LogP contribution in [0.25, 0.3) is 0 Å². The Morgan fingerprint density at radius 2 is 2.00 bits per heavy atom. The first-order valence-electron chi connectivity index (χ1n) is 7.09. The summed E-state index contributed by atoms with van der Waals surface area (Å²) in [5, 5.41) is 4.22. The largest absolute Gasteiger partial charge is 0.350 e. The Balaban J connectivity index is 2.17. The normalized spacial score (nSPS) is 12.9. The van der Waals surface area contributed by atoms with Gasteiger partial charge in [0.05, 0.1) is 0 Å². The van der Waals surface area contributed by atoms with E-state index in [-0.39, 0.29) is 0 Å². The number of rotatable bonds is 5. The summed E-state index contributed by atoms with van der Waals surface area (Å²) in [6, 6.07) is 8.81. The second-order valence-electron chi connectivity index (χ2n) is 5.72. The highest BCUT2D eigenvalue weighted by Gasteiger charge is 2.14. The molecular weight excluding hydrogens is 268 g/mol. The van der Waals surface area contributed by atoms with E-state index in [0.717, 1.165) is 17.1 Å². The van der Waals surface area contributed by atoms with Crippen molar-refractivity contribution in [2.24, 2.45) is 5.92 Å². The van der Waals surface area contributed by atoms with E-state index < -0.39 is 0 Å². The third-order valence-corrected chi connectivity index (χ3v) is 4.02. The first-order valence-corrected chi connectivity index (χ1v) is 7.47. The van der Waals surface area contributed by atoms with Gasteiger partial charge in [0, 0.05) is 30.0 Å². The van der Waals surface area contributed by atoms with Gasteiger partial charge in [-0.05, 0) is 48.7 Å². The minimum absolute atomic E-state index is 0.393. The van der Waals surface area contributed by atoms with Gasteiger partial charge < -0.3 is 9.88 Å². The van der Waals surface area contributed by atoms with Crippen LogP contribution in [0.2, 0.25) is 5.02 Å². The van der Waals surface area contributed by atoms with E-state index in [2.05, 4.69) is 61.2 Å². The summed E-state index contributed by atoms with van der Waals surface area (Å²) in [5.74, 6) is 0.568. The zero-order valence-electron chi connectivity index (χ0n) is 12.7. The van der Waals surface area contributed by atoms with Gasteiger partial charge in [-0.15, -0.1) is 0 Å². The molecule has 0 saturated heterocycles. The minimum atomic E-state index is 0.393. The molecule has 0 spiro atoms. The van der Waals surface area contributed by atoms with Crippen LogP contribution in [-0.4, -0.2) is 11.6 Å². The molecule has 0 saturated carbocycles. The molecule has 0 radical (unpaired) electrons. The van der Waals surface area contributed by atoms with Gasteiger partial charge >= 0.3 is 0 Å². The second-order valence-corrected chi connectivity index (χ2v) is 6.13. The van der Waals surface area contributed by atoms with Gasteiger partial charge in [-0.25, -0.2) is 0 Å². The Bertz CT molecular complexity index is 572. The molecule has 1 atom stereocenters. The van der Waals surface area contributed by atoms with Gasteiger partial charge in [0.15, 0.2) is 0 Å². The van der Waals surface area contributed by atoms with Gasteiger partial charge in [0.25, 0.3) is 0 Å². The van der Waals surface area contributed by atoms with E-state index in [1.807, 2.05) is 13.1 Å². The van der Waals surface area contributed by atoms with Gasteiger partial charge in [-0.1, -0.05) is 37.6 Å². The molecule has 0 amide bonds. The Morgan fingerprint density at radius 3 is 2.60 bits per heavy atom. The lowest BCUT2D eigenvalue weighted by atomic mass is 9.99. The van der Waals surface area contributed by atoms with Crippen LogP contribution in [0.4, 0.5) is 0 Å². The average Bonchev–Trinajstić information content (AvgIpc) is 2.81. The molecule has 0 aliphatic heterocycles. The van der Waals surface area contributed by atoms with Crippen LogP contribution in [-0.2, 0) is 6.54 Å². The monoisotopic (exact) mass is 290 g/mol. The molecule has 1 heterocycles. The van der Waals surface area contributed by atoms with Crippen molar-refractivity contribution in [1.82, 2.24) is 9.88 Å². The summed E-state index contributed by atoms with van der Waals surface area (Å²) in [4.78, 5) is 0. The maximum Gasteiger partial charge on any atom is 0.0485 e. The zero-order valence-corrected chi connectivity index (χ0v) is 13.4. The lowest BCUT2D eigenvalue weighted by Crippen LogP contribution is -2.21. The summed E-state index contributed by atoms with van der Waals surface area (Å²) in [6.45, 7) is 7.34. The van der Waals surface area contributed by atoms with Gasteiger partial charge in [0.1, 0.15) is 0 Å². The molecule has 108 valence electrons. The molecule has 1 unspecified atom stereocenters. The fraction of sp³-hybridized carbons (Fsp3) is 0.412. The highest BCUT2D eigenvalue weighted by Crippen LogP contribution is 2.23. The Hall–Kier alpha value is -1.25. The van der Waals surface area contributed by atoms with Gasteiger partial charge in [-0.3, -0.25) is 0 Å². The van der Waals surface area contributed by atoms with Crippen LogP contribution >= 0.6 is 11.6 Å². The van der Waals surface area contributed by atoms with Gasteiger partial charge in [-0.2, -0.15) is 0 Å². The summed E-state index contributed by atoms with van der Waals surface area (Å²) >= 11 is 6.30. The number of hydrogen-bond donors (Lipinski definition) is 1. The molecule has 1 aromatic carbocycles. The van der Waals surface area contributed by atoms with Crippen LogP contribution < -0.4 is 5.32 Å². The van der Waals surface area contributed by atoms with Gasteiger partial charge in [0.2, 0.25) is 0 Å². The third-order valence-electron chi connectivity index (χ3n) is 3.67. The molecule has 3 heteroatoms. The molecular formula is C17H23ClN2. The second kappa shape index (κ2) is 6.47. The van der Waals surface area contributed by atoms with Crippen molar-refractivity contribution in [2.45, 2.75) is 33.4 Å². The standard InChI is InChI=1S/C17H23ClN2/c1-12(2)17(19-4)15-7-8-20(11-15)10-14-6-5-13(3)9-16(14)18/h5-9,11-12,17,19H,10H2,1-4H3. The number of aryl methyl sites for hydroxylation is 1. The van der Waals surface area contributed by atoms with Crippen molar-refractivity contribution >= 4 is 11.6 Å². The number of aromatic nitrogens is 1. The lowest BCUT2D eigenvalue weighted by Gasteiger charge is -2.18. The smallest absolute Gasteiger partial charge is 0.0485 e. The molecule has 0 bridgehead atoms. The SMILES string of the molecule is CNC(c1ccn(Cc2ccc(C)cc2Cl)c1)C(C)C. The van der Waals surface area contributed by atoms with Crippen molar-refractivity contribution in [1.29, 1.82) is 0 Å². The average molecular weight is 291 g/mol. The van der Waals surface area contributed by atoms with Crippen LogP contribution in [0.5, 0.6) is 0 Å². The molecule has 2 rings (SSSR count). The Morgan fingerprint density at radius 1 is 1.25 bits per heavy atom. The van der Waals surface area contributed by atoms with Crippen molar-refractivity contribution in [3.63, 3.8) is 0 Å². The van der Waals surface area contributed by atoms with Crippen LogP contribution in [0, 0.1) is 12.8 Å². The molecule has 20 heavy (non-hydrogen) atoms. The molecule has 0 fully saturated rings. The maximum atomic E-state index is 6.30.